The number of allylic oxidation sites excluding steroid dienone is 2. The van der Waals surface area contributed by atoms with Crippen molar-refractivity contribution < 1.29 is 4.39 Å². The lowest BCUT2D eigenvalue weighted by Gasteiger charge is -2.26. The number of halogens is 1. The third kappa shape index (κ3) is 2.37. The molecule has 0 N–H and O–H groups in total. The fraction of sp³-hybridized carbons (Fsp3) is 0.111. The highest BCUT2D eigenvalue weighted by atomic mass is 19.1. The predicted molar refractivity (Wildman–Crippen MR) is 81.9 cm³/mol. The van der Waals surface area contributed by atoms with Gasteiger partial charge in [-0.3, -0.25) is 0 Å². The SMILES string of the molecule is CC1=CCN(c2ccccc2F)C=C1c1ccccc1. The second-order valence-corrected chi connectivity index (χ2v) is 4.90. The lowest BCUT2D eigenvalue weighted by Crippen LogP contribution is -2.21. The Labute approximate surface area is 118 Å². The molecule has 0 fully saturated rings. The van der Waals surface area contributed by atoms with Gasteiger partial charge in [0.25, 0.3) is 0 Å². The van der Waals surface area contributed by atoms with Crippen molar-refractivity contribution in [2.45, 2.75) is 6.92 Å². The molecule has 20 heavy (non-hydrogen) atoms. The third-order valence-corrected chi connectivity index (χ3v) is 3.55. The predicted octanol–water partition coefficient (Wildman–Crippen LogP) is 4.63. The molecule has 2 aromatic rings. The summed E-state index contributed by atoms with van der Waals surface area (Å²) in [5.41, 5.74) is 4.14. The van der Waals surface area contributed by atoms with Crippen LogP contribution in [0, 0.1) is 5.82 Å². The first-order valence-corrected chi connectivity index (χ1v) is 6.71. The molecule has 100 valence electrons. The van der Waals surface area contributed by atoms with Gasteiger partial charge in [-0.25, -0.2) is 4.39 Å². The summed E-state index contributed by atoms with van der Waals surface area (Å²) >= 11 is 0. The van der Waals surface area contributed by atoms with E-state index in [1.807, 2.05) is 41.4 Å². The van der Waals surface area contributed by atoms with Crippen molar-refractivity contribution in [1.29, 1.82) is 0 Å². The van der Waals surface area contributed by atoms with Crippen molar-refractivity contribution in [3.63, 3.8) is 0 Å². The van der Waals surface area contributed by atoms with Crippen LogP contribution in [-0.2, 0) is 0 Å². The number of rotatable bonds is 2. The van der Waals surface area contributed by atoms with Gasteiger partial charge in [-0.1, -0.05) is 48.5 Å². The van der Waals surface area contributed by atoms with Gasteiger partial charge in [0.15, 0.2) is 0 Å². The molecule has 0 aliphatic carbocycles. The zero-order chi connectivity index (χ0) is 13.9. The normalized spacial score (nSPS) is 14.8. The summed E-state index contributed by atoms with van der Waals surface area (Å²) in [5.74, 6) is -0.191. The van der Waals surface area contributed by atoms with Crippen LogP contribution in [0.25, 0.3) is 5.57 Å². The van der Waals surface area contributed by atoms with E-state index in [-0.39, 0.29) is 5.82 Å². The summed E-state index contributed by atoms with van der Waals surface area (Å²) in [6.07, 6.45) is 4.16. The maximum atomic E-state index is 13.9. The van der Waals surface area contributed by atoms with Crippen LogP contribution in [0.3, 0.4) is 0 Å². The molecule has 1 aliphatic heterocycles. The average Bonchev–Trinajstić information content (AvgIpc) is 2.49. The summed E-state index contributed by atoms with van der Waals surface area (Å²) in [7, 11) is 0. The Balaban J connectivity index is 2.01. The molecule has 0 spiro atoms. The molecule has 3 rings (SSSR count). The molecule has 0 saturated heterocycles. The molecule has 0 aromatic heterocycles. The minimum absolute atomic E-state index is 0.191. The first kappa shape index (κ1) is 12.7. The van der Waals surface area contributed by atoms with Gasteiger partial charge in [0.05, 0.1) is 5.69 Å². The number of hydrogen-bond donors (Lipinski definition) is 0. The Kier molecular flexibility index (Phi) is 3.38. The highest BCUT2D eigenvalue weighted by Gasteiger charge is 2.15. The minimum atomic E-state index is -0.191. The summed E-state index contributed by atoms with van der Waals surface area (Å²) in [6.45, 7) is 2.79. The second kappa shape index (κ2) is 5.33. The van der Waals surface area contributed by atoms with E-state index in [1.165, 1.54) is 11.6 Å². The minimum Gasteiger partial charge on any atom is -0.341 e. The Morgan fingerprint density at radius 1 is 0.950 bits per heavy atom. The van der Waals surface area contributed by atoms with E-state index in [1.54, 1.807) is 6.07 Å². The van der Waals surface area contributed by atoms with Crippen molar-refractivity contribution in [1.82, 2.24) is 0 Å². The van der Waals surface area contributed by atoms with Crippen LogP contribution in [0.1, 0.15) is 12.5 Å². The number of anilines is 1. The van der Waals surface area contributed by atoms with E-state index < -0.39 is 0 Å². The molecular weight excluding hydrogens is 249 g/mol. The van der Waals surface area contributed by atoms with Crippen molar-refractivity contribution in [2.24, 2.45) is 0 Å². The van der Waals surface area contributed by atoms with Crippen LogP contribution in [0.2, 0.25) is 0 Å². The maximum Gasteiger partial charge on any atom is 0.146 e. The van der Waals surface area contributed by atoms with Gasteiger partial charge in [-0.2, -0.15) is 0 Å². The Morgan fingerprint density at radius 2 is 1.65 bits per heavy atom. The summed E-state index contributed by atoms with van der Waals surface area (Å²) in [6, 6.07) is 17.1. The Hall–Kier alpha value is -2.35. The molecule has 0 bridgehead atoms. The van der Waals surface area contributed by atoms with E-state index in [0.717, 1.165) is 11.1 Å². The highest BCUT2D eigenvalue weighted by molar-refractivity contribution is 5.82. The van der Waals surface area contributed by atoms with Gasteiger partial charge in [-0.05, 0) is 30.2 Å². The van der Waals surface area contributed by atoms with Gasteiger partial charge in [-0.15, -0.1) is 0 Å². The summed E-state index contributed by atoms with van der Waals surface area (Å²) in [5, 5.41) is 0. The van der Waals surface area contributed by atoms with Crippen LogP contribution >= 0.6 is 0 Å². The highest BCUT2D eigenvalue weighted by Crippen LogP contribution is 2.30. The molecule has 0 unspecified atom stereocenters. The van der Waals surface area contributed by atoms with Crippen molar-refractivity contribution in [2.75, 3.05) is 11.4 Å². The number of para-hydroxylation sites is 1. The van der Waals surface area contributed by atoms with Crippen LogP contribution in [0.5, 0.6) is 0 Å². The molecule has 0 saturated carbocycles. The zero-order valence-corrected chi connectivity index (χ0v) is 11.4. The van der Waals surface area contributed by atoms with Gasteiger partial charge in [0.1, 0.15) is 5.82 Å². The van der Waals surface area contributed by atoms with Gasteiger partial charge < -0.3 is 4.90 Å². The molecule has 1 heterocycles. The van der Waals surface area contributed by atoms with E-state index in [4.69, 9.17) is 0 Å². The van der Waals surface area contributed by atoms with E-state index >= 15 is 0 Å². The molecule has 0 amide bonds. The molecule has 1 nitrogen and oxygen atoms in total. The molecular formula is C18H16FN. The zero-order valence-electron chi connectivity index (χ0n) is 11.4. The van der Waals surface area contributed by atoms with Crippen LogP contribution < -0.4 is 4.90 Å². The van der Waals surface area contributed by atoms with Crippen molar-refractivity contribution in [3.05, 3.63) is 83.8 Å². The van der Waals surface area contributed by atoms with Crippen LogP contribution in [0.4, 0.5) is 10.1 Å². The molecule has 1 aliphatic rings. The first-order valence-electron chi connectivity index (χ1n) is 6.71. The second-order valence-electron chi connectivity index (χ2n) is 4.90. The number of nitrogens with zero attached hydrogens (tertiary/aromatic N) is 1. The lowest BCUT2D eigenvalue weighted by atomic mass is 9.97. The standard InChI is InChI=1S/C18H16FN/c1-14-11-12-20(18-10-6-5-9-17(18)19)13-16(14)15-7-3-2-4-8-15/h2-11,13H,12H2,1H3. The number of hydrogen-bond acceptors (Lipinski definition) is 1. The third-order valence-electron chi connectivity index (χ3n) is 3.55. The van der Waals surface area contributed by atoms with E-state index in [2.05, 4.69) is 25.1 Å². The summed E-state index contributed by atoms with van der Waals surface area (Å²) < 4.78 is 13.9. The Bertz CT molecular complexity index is 671. The smallest absolute Gasteiger partial charge is 0.146 e. The largest absolute Gasteiger partial charge is 0.341 e. The maximum absolute atomic E-state index is 13.9. The van der Waals surface area contributed by atoms with Crippen LogP contribution in [0.15, 0.2) is 72.4 Å². The van der Waals surface area contributed by atoms with E-state index in [9.17, 15) is 4.39 Å². The fourth-order valence-corrected chi connectivity index (χ4v) is 2.43. The van der Waals surface area contributed by atoms with Gasteiger partial charge >= 0.3 is 0 Å². The molecule has 0 atom stereocenters. The fourth-order valence-electron chi connectivity index (χ4n) is 2.43. The molecule has 2 aromatic carbocycles. The van der Waals surface area contributed by atoms with Crippen molar-refractivity contribution >= 4 is 11.3 Å². The molecule has 2 heteroatoms. The molecule has 0 radical (unpaired) electrons. The monoisotopic (exact) mass is 265 g/mol. The average molecular weight is 265 g/mol. The number of benzene rings is 2. The summed E-state index contributed by atoms with van der Waals surface area (Å²) in [4.78, 5) is 1.95. The Morgan fingerprint density at radius 3 is 2.40 bits per heavy atom. The topological polar surface area (TPSA) is 3.24 Å². The quantitative estimate of drug-likeness (QED) is 0.765. The lowest BCUT2D eigenvalue weighted by molar-refractivity contribution is 0.626. The van der Waals surface area contributed by atoms with E-state index in [0.29, 0.717) is 12.2 Å². The van der Waals surface area contributed by atoms with Crippen molar-refractivity contribution in [3.8, 4) is 0 Å². The van der Waals surface area contributed by atoms with Gasteiger partial charge in [0.2, 0.25) is 0 Å². The first-order chi connectivity index (χ1) is 9.75. The van der Waals surface area contributed by atoms with Crippen LogP contribution in [-0.4, -0.2) is 6.54 Å². The van der Waals surface area contributed by atoms with Gasteiger partial charge in [0, 0.05) is 18.3 Å².